The summed E-state index contributed by atoms with van der Waals surface area (Å²) in [5, 5.41) is 10.1. The van der Waals surface area contributed by atoms with Crippen LogP contribution in [0, 0.1) is 5.92 Å². The molecule has 6 heteroatoms. The van der Waals surface area contributed by atoms with Gasteiger partial charge < -0.3 is 9.84 Å². The largest absolute Gasteiger partial charge is 0.386 e. The molecule has 0 bridgehead atoms. The zero-order valence-corrected chi connectivity index (χ0v) is 10.3. The summed E-state index contributed by atoms with van der Waals surface area (Å²) in [5.74, 6) is 0.516. The quantitative estimate of drug-likeness (QED) is 0.711. The van der Waals surface area contributed by atoms with Crippen LogP contribution >= 0.6 is 0 Å². The predicted octanol–water partition coefficient (Wildman–Crippen LogP) is -0.144. The lowest BCUT2D eigenvalue weighted by Gasteiger charge is -2.26. The van der Waals surface area contributed by atoms with E-state index in [1.54, 1.807) is 6.92 Å². The Morgan fingerprint density at radius 1 is 1.50 bits per heavy atom. The number of hydrogen-bond acceptors (Lipinski definition) is 4. The Bertz CT molecular complexity index is 352. The zero-order chi connectivity index (χ0) is 11.8. The number of sulfonamides is 1. The summed E-state index contributed by atoms with van der Waals surface area (Å²) in [4.78, 5) is 0. The van der Waals surface area contributed by atoms with Crippen molar-refractivity contribution in [3.8, 4) is 0 Å². The van der Waals surface area contributed by atoms with E-state index in [0.29, 0.717) is 18.9 Å². The minimum Gasteiger partial charge on any atom is -0.386 e. The molecule has 0 amide bonds. The van der Waals surface area contributed by atoms with Gasteiger partial charge in [0.05, 0.1) is 11.9 Å². The van der Waals surface area contributed by atoms with Crippen LogP contribution in [0.1, 0.15) is 26.2 Å². The highest BCUT2D eigenvalue weighted by atomic mass is 32.2. The highest BCUT2D eigenvalue weighted by Gasteiger charge is 2.40. The van der Waals surface area contributed by atoms with Crippen LogP contribution in [0.15, 0.2) is 0 Å². The van der Waals surface area contributed by atoms with Gasteiger partial charge in [0.25, 0.3) is 0 Å². The maximum atomic E-state index is 11.6. The smallest absolute Gasteiger partial charge is 0.211 e. The van der Waals surface area contributed by atoms with Crippen LogP contribution in [0.4, 0.5) is 0 Å². The molecule has 16 heavy (non-hydrogen) atoms. The SMILES string of the molecule is CC1OCCC1(O)CNS(=O)(=O)CC1CC1. The van der Waals surface area contributed by atoms with Gasteiger partial charge in [0.1, 0.15) is 5.60 Å². The third-order valence-corrected chi connectivity index (χ3v) is 4.90. The first-order valence-corrected chi connectivity index (χ1v) is 7.38. The second kappa shape index (κ2) is 4.25. The third-order valence-electron chi connectivity index (χ3n) is 3.41. The molecule has 1 aliphatic heterocycles. The fourth-order valence-corrected chi connectivity index (χ4v) is 3.43. The normalized spacial score (nSPS) is 35.5. The fourth-order valence-electron chi connectivity index (χ4n) is 1.89. The predicted molar refractivity (Wildman–Crippen MR) is 59.5 cm³/mol. The Balaban J connectivity index is 1.85. The van der Waals surface area contributed by atoms with Crippen LogP contribution in [0.2, 0.25) is 0 Å². The number of aliphatic hydroxyl groups is 1. The van der Waals surface area contributed by atoms with Crippen molar-refractivity contribution in [2.75, 3.05) is 18.9 Å². The molecule has 1 saturated carbocycles. The van der Waals surface area contributed by atoms with Gasteiger partial charge in [0, 0.05) is 19.6 Å². The minimum absolute atomic E-state index is 0.0587. The second-order valence-electron chi connectivity index (χ2n) is 4.91. The molecule has 2 aliphatic rings. The molecule has 0 radical (unpaired) electrons. The van der Waals surface area contributed by atoms with Gasteiger partial charge in [0.2, 0.25) is 10.0 Å². The number of rotatable bonds is 5. The van der Waals surface area contributed by atoms with Crippen LogP contribution in [-0.4, -0.2) is 44.1 Å². The van der Waals surface area contributed by atoms with Crippen LogP contribution in [-0.2, 0) is 14.8 Å². The van der Waals surface area contributed by atoms with Gasteiger partial charge >= 0.3 is 0 Å². The number of ether oxygens (including phenoxy) is 1. The summed E-state index contributed by atoms with van der Waals surface area (Å²) < 4.78 is 31.0. The topological polar surface area (TPSA) is 75.6 Å². The molecule has 1 saturated heterocycles. The van der Waals surface area contributed by atoms with Crippen molar-refractivity contribution >= 4 is 10.0 Å². The Kier molecular flexibility index (Phi) is 3.27. The van der Waals surface area contributed by atoms with E-state index < -0.39 is 15.6 Å². The number of nitrogens with one attached hydrogen (secondary N) is 1. The van der Waals surface area contributed by atoms with Crippen molar-refractivity contribution in [3.63, 3.8) is 0 Å². The van der Waals surface area contributed by atoms with Crippen molar-refractivity contribution < 1.29 is 18.3 Å². The number of hydrogen-bond donors (Lipinski definition) is 2. The lowest BCUT2D eigenvalue weighted by molar-refractivity contribution is -0.0228. The zero-order valence-electron chi connectivity index (χ0n) is 9.48. The molecule has 0 aromatic carbocycles. The van der Waals surface area contributed by atoms with Gasteiger partial charge in [-0.05, 0) is 25.7 Å². The first-order valence-electron chi connectivity index (χ1n) is 5.73. The molecule has 1 heterocycles. The lowest BCUT2D eigenvalue weighted by Crippen LogP contribution is -2.48. The molecule has 2 rings (SSSR count). The molecule has 5 nitrogen and oxygen atoms in total. The summed E-state index contributed by atoms with van der Waals surface area (Å²) in [5.41, 5.74) is -1.05. The third kappa shape index (κ3) is 2.94. The van der Waals surface area contributed by atoms with Gasteiger partial charge in [-0.3, -0.25) is 0 Å². The second-order valence-corrected chi connectivity index (χ2v) is 6.76. The molecule has 94 valence electrons. The first-order chi connectivity index (χ1) is 7.41. The Labute approximate surface area is 96.2 Å². The van der Waals surface area contributed by atoms with Gasteiger partial charge in [-0.25, -0.2) is 13.1 Å². The molecule has 0 aromatic heterocycles. The molecular weight excluding hydrogens is 230 g/mol. The maximum absolute atomic E-state index is 11.6. The van der Waals surface area contributed by atoms with E-state index in [2.05, 4.69) is 4.72 Å². The Morgan fingerprint density at radius 3 is 2.69 bits per heavy atom. The van der Waals surface area contributed by atoms with Crippen LogP contribution in [0.3, 0.4) is 0 Å². The summed E-state index contributed by atoms with van der Waals surface area (Å²) in [6.07, 6.45) is 2.19. The van der Waals surface area contributed by atoms with Gasteiger partial charge in [-0.2, -0.15) is 0 Å². The molecule has 2 atom stereocenters. The van der Waals surface area contributed by atoms with Gasteiger partial charge in [-0.1, -0.05) is 0 Å². The van der Waals surface area contributed by atoms with E-state index in [0.717, 1.165) is 12.8 Å². The average molecular weight is 249 g/mol. The summed E-state index contributed by atoms with van der Waals surface area (Å²) in [7, 11) is -3.23. The molecule has 1 aliphatic carbocycles. The summed E-state index contributed by atoms with van der Waals surface area (Å²) in [6.45, 7) is 2.31. The van der Waals surface area contributed by atoms with Crippen molar-refractivity contribution in [2.24, 2.45) is 5.92 Å². The van der Waals surface area contributed by atoms with E-state index in [9.17, 15) is 13.5 Å². The highest BCUT2D eigenvalue weighted by Crippen LogP contribution is 2.30. The van der Waals surface area contributed by atoms with E-state index in [1.165, 1.54) is 0 Å². The molecule has 2 unspecified atom stereocenters. The van der Waals surface area contributed by atoms with Gasteiger partial charge in [-0.15, -0.1) is 0 Å². The minimum atomic E-state index is -3.23. The lowest BCUT2D eigenvalue weighted by atomic mass is 9.97. The van der Waals surface area contributed by atoms with Crippen molar-refractivity contribution in [3.05, 3.63) is 0 Å². The van der Waals surface area contributed by atoms with E-state index in [1.807, 2.05) is 0 Å². The van der Waals surface area contributed by atoms with Crippen molar-refractivity contribution in [1.29, 1.82) is 0 Å². The molecule has 0 spiro atoms. The van der Waals surface area contributed by atoms with Crippen molar-refractivity contribution in [2.45, 2.75) is 37.9 Å². The highest BCUT2D eigenvalue weighted by molar-refractivity contribution is 7.89. The molecule has 2 fully saturated rings. The molecule has 0 aromatic rings. The maximum Gasteiger partial charge on any atom is 0.211 e. The Hall–Kier alpha value is -0.170. The molecule has 2 N–H and O–H groups in total. The van der Waals surface area contributed by atoms with Crippen LogP contribution < -0.4 is 4.72 Å². The van der Waals surface area contributed by atoms with E-state index in [-0.39, 0.29) is 18.4 Å². The van der Waals surface area contributed by atoms with Crippen LogP contribution in [0.5, 0.6) is 0 Å². The van der Waals surface area contributed by atoms with E-state index in [4.69, 9.17) is 4.74 Å². The fraction of sp³-hybridized carbons (Fsp3) is 1.00. The van der Waals surface area contributed by atoms with Crippen molar-refractivity contribution in [1.82, 2.24) is 4.72 Å². The molecular formula is C10H19NO4S. The first kappa shape index (κ1) is 12.3. The summed E-state index contributed by atoms with van der Waals surface area (Å²) >= 11 is 0. The van der Waals surface area contributed by atoms with E-state index >= 15 is 0 Å². The van der Waals surface area contributed by atoms with Crippen LogP contribution in [0.25, 0.3) is 0 Å². The average Bonchev–Trinajstić information content (AvgIpc) is 2.92. The Morgan fingerprint density at radius 2 is 2.19 bits per heavy atom. The standard InChI is InChI=1S/C10H19NO4S/c1-8-10(12,4-5-15-8)7-11-16(13,14)6-9-2-3-9/h8-9,11-12H,2-7H2,1H3. The monoisotopic (exact) mass is 249 g/mol. The summed E-state index contributed by atoms with van der Waals surface area (Å²) in [6, 6.07) is 0. The van der Waals surface area contributed by atoms with Gasteiger partial charge in [0.15, 0.2) is 0 Å².